The van der Waals surface area contributed by atoms with Crippen molar-refractivity contribution in [2.24, 2.45) is 0 Å². The van der Waals surface area contributed by atoms with E-state index in [0.29, 0.717) is 16.8 Å². The van der Waals surface area contributed by atoms with E-state index in [9.17, 15) is 29.4 Å². The van der Waals surface area contributed by atoms with E-state index < -0.39 is 29.2 Å². The van der Waals surface area contributed by atoms with Crippen molar-refractivity contribution in [3.8, 4) is 22.9 Å². The molecule has 3 aromatic carbocycles. The van der Waals surface area contributed by atoms with Gasteiger partial charge in [-0.15, -0.1) is 0 Å². The average molecular weight is 499 g/mol. The number of nitriles is 1. The molecule has 0 atom stereocenters. The highest BCUT2D eigenvalue weighted by Gasteiger charge is 2.22. The second kappa shape index (κ2) is 10.8. The Labute approximate surface area is 210 Å². The predicted octanol–water partition coefficient (Wildman–Crippen LogP) is 3.55. The SMILES string of the molecule is CC(=O)Nc1cccc(-c2cc(O)c(C(=N)C(=O)Nc3ccc(C#N)cc3C(=O)O)cc2NC(C)=O)c1. The van der Waals surface area contributed by atoms with Gasteiger partial charge in [-0.3, -0.25) is 19.8 Å². The van der Waals surface area contributed by atoms with Gasteiger partial charge in [0.2, 0.25) is 11.8 Å². The summed E-state index contributed by atoms with van der Waals surface area (Å²) in [5.41, 5.74) is 0.187. The van der Waals surface area contributed by atoms with Crippen LogP contribution in [-0.2, 0) is 14.4 Å². The Morgan fingerprint density at radius 2 is 1.57 bits per heavy atom. The number of nitrogens with one attached hydrogen (secondary N) is 4. The fraction of sp³-hybridized carbons (Fsp3) is 0.0769. The highest BCUT2D eigenvalue weighted by molar-refractivity contribution is 6.48. The molecule has 0 bridgehead atoms. The first-order valence-electron chi connectivity index (χ1n) is 10.7. The molecule has 6 N–H and O–H groups in total. The van der Waals surface area contributed by atoms with E-state index >= 15 is 0 Å². The second-order valence-corrected chi connectivity index (χ2v) is 7.86. The van der Waals surface area contributed by atoms with Gasteiger partial charge in [-0.05, 0) is 48.0 Å². The zero-order valence-electron chi connectivity index (χ0n) is 19.7. The van der Waals surface area contributed by atoms with Crippen LogP contribution >= 0.6 is 0 Å². The van der Waals surface area contributed by atoms with Crippen molar-refractivity contribution < 1.29 is 29.4 Å². The molecule has 0 aromatic heterocycles. The Morgan fingerprint density at radius 3 is 2.19 bits per heavy atom. The summed E-state index contributed by atoms with van der Waals surface area (Å²) in [5.74, 6) is -3.61. The molecule has 0 spiro atoms. The van der Waals surface area contributed by atoms with Crippen LogP contribution in [-0.4, -0.2) is 39.6 Å². The molecule has 0 heterocycles. The predicted molar refractivity (Wildman–Crippen MR) is 136 cm³/mol. The highest BCUT2D eigenvalue weighted by atomic mass is 16.4. The third-order valence-electron chi connectivity index (χ3n) is 5.06. The van der Waals surface area contributed by atoms with E-state index in [0.717, 1.165) is 6.07 Å². The zero-order valence-corrected chi connectivity index (χ0v) is 19.7. The highest BCUT2D eigenvalue weighted by Crippen LogP contribution is 2.36. The van der Waals surface area contributed by atoms with Gasteiger partial charge >= 0.3 is 5.97 Å². The average Bonchev–Trinajstić information content (AvgIpc) is 2.84. The van der Waals surface area contributed by atoms with Crippen LogP contribution in [0.4, 0.5) is 17.1 Å². The number of carboxylic acid groups (broad SMARTS) is 1. The maximum atomic E-state index is 12.8. The van der Waals surface area contributed by atoms with Gasteiger partial charge < -0.3 is 26.2 Å². The molecule has 0 fully saturated rings. The molecule has 186 valence electrons. The molecule has 0 aliphatic rings. The van der Waals surface area contributed by atoms with Gasteiger partial charge in [-0.25, -0.2) is 4.79 Å². The Kier molecular flexibility index (Phi) is 7.64. The van der Waals surface area contributed by atoms with Gasteiger partial charge in [-0.1, -0.05) is 12.1 Å². The molecule has 0 saturated heterocycles. The topological polar surface area (TPSA) is 192 Å². The summed E-state index contributed by atoms with van der Waals surface area (Å²) >= 11 is 0. The number of aromatic hydroxyl groups is 1. The second-order valence-electron chi connectivity index (χ2n) is 7.86. The van der Waals surface area contributed by atoms with E-state index in [1.165, 1.54) is 38.1 Å². The van der Waals surface area contributed by atoms with E-state index in [4.69, 9.17) is 10.7 Å². The van der Waals surface area contributed by atoms with Crippen LogP contribution in [0, 0.1) is 16.7 Å². The molecule has 0 aliphatic heterocycles. The Morgan fingerprint density at radius 1 is 0.865 bits per heavy atom. The Bertz CT molecular complexity index is 1510. The number of hydrogen-bond acceptors (Lipinski definition) is 7. The summed E-state index contributed by atoms with van der Waals surface area (Å²) in [6.45, 7) is 2.62. The molecule has 3 rings (SSSR count). The van der Waals surface area contributed by atoms with Gasteiger partial charge in [0.15, 0.2) is 0 Å². The maximum absolute atomic E-state index is 12.8. The lowest BCUT2D eigenvalue weighted by molar-refractivity contribution is -0.115. The van der Waals surface area contributed by atoms with Crippen molar-refractivity contribution in [3.05, 3.63) is 71.3 Å². The number of hydrogen-bond donors (Lipinski definition) is 6. The van der Waals surface area contributed by atoms with Crippen molar-refractivity contribution in [2.75, 3.05) is 16.0 Å². The molecule has 0 aliphatic carbocycles. The smallest absolute Gasteiger partial charge is 0.337 e. The zero-order chi connectivity index (χ0) is 27.3. The van der Waals surface area contributed by atoms with E-state index in [1.807, 2.05) is 0 Å². The number of benzene rings is 3. The number of carbonyl (C=O) groups excluding carboxylic acids is 3. The first kappa shape index (κ1) is 26.1. The van der Waals surface area contributed by atoms with Gasteiger partial charge in [0.25, 0.3) is 5.91 Å². The number of phenolic OH excluding ortho intramolecular Hbond substituents is 1. The summed E-state index contributed by atoms with van der Waals surface area (Å²) in [5, 5.41) is 45.0. The molecular weight excluding hydrogens is 478 g/mol. The first-order valence-corrected chi connectivity index (χ1v) is 10.7. The fourth-order valence-electron chi connectivity index (χ4n) is 3.50. The summed E-state index contributed by atoms with van der Waals surface area (Å²) in [4.78, 5) is 47.6. The Balaban J connectivity index is 2.01. The third kappa shape index (κ3) is 6.14. The van der Waals surface area contributed by atoms with Gasteiger partial charge in [0.05, 0.1) is 22.9 Å². The molecule has 3 amide bonds. The summed E-state index contributed by atoms with van der Waals surface area (Å²) in [6.07, 6.45) is 0. The fourth-order valence-corrected chi connectivity index (χ4v) is 3.50. The van der Waals surface area contributed by atoms with E-state index in [-0.39, 0.29) is 34.0 Å². The Hall–Kier alpha value is -5.50. The lowest BCUT2D eigenvalue weighted by Crippen LogP contribution is -2.24. The van der Waals surface area contributed by atoms with Gasteiger partial charge in [-0.2, -0.15) is 5.26 Å². The van der Waals surface area contributed by atoms with Crippen LogP contribution in [0.25, 0.3) is 11.1 Å². The third-order valence-corrected chi connectivity index (χ3v) is 5.06. The molecule has 37 heavy (non-hydrogen) atoms. The van der Waals surface area contributed by atoms with Crippen LogP contribution in [0.5, 0.6) is 5.75 Å². The minimum absolute atomic E-state index is 0.0706. The van der Waals surface area contributed by atoms with Crippen molar-refractivity contribution >= 4 is 46.5 Å². The van der Waals surface area contributed by atoms with Crippen molar-refractivity contribution in [1.82, 2.24) is 0 Å². The number of phenols is 1. The first-order chi connectivity index (χ1) is 17.5. The molecule has 0 unspecified atom stereocenters. The summed E-state index contributed by atoms with van der Waals surface area (Å²) in [7, 11) is 0. The number of nitrogens with zero attached hydrogens (tertiary/aromatic N) is 1. The number of amides is 3. The molecular formula is C26H21N5O6. The number of carbonyl (C=O) groups is 4. The number of anilines is 3. The van der Waals surface area contributed by atoms with E-state index in [1.54, 1.807) is 30.3 Å². The van der Waals surface area contributed by atoms with Crippen molar-refractivity contribution in [3.63, 3.8) is 0 Å². The molecule has 0 radical (unpaired) electrons. The van der Waals surface area contributed by atoms with E-state index in [2.05, 4.69) is 16.0 Å². The quantitative estimate of drug-likeness (QED) is 0.211. The molecule has 0 saturated carbocycles. The van der Waals surface area contributed by atoms with Crippen LogP contribution in [0.3, 0.4) is 0 Å². The monoisotopic (exact) mass is 499 g/mol. The summed E-state index contributed by atoms with van der Waals surface area (Å²) < 4.78 is 0. The van der Waals surface area contributed by atoms with Crippen LogP contribution < -0.4 is 16.0 Å². The molecule has 3 aromatic rings. The molecule has 11 heteroatoms. The standard InChI is InChI=1S/C26H21N5O6/c1-13(32)29-17-5-3-4-16(9-17)18-11-23(34)20(10-22(18)30-14(2)33)24(28)25(35)31-21-7-6-15(12-27)8-19(21)26(36)37/h3-11,28,34H,1-2H3,(H,29,32)(H,30,33)(H,31,35)(H,36,37). The lowest BCUT2D eigenvalue weighted by Gasteiger charge is -2.16. The number of carboxylic acids is 1. The van der Waals surface area contributed by atoms with Crippen LogP contribution in [0.2, 0.25) is 0 Å². The largest absolute Gasteiger partial charge is 0.507 e. The number of rotatable bonds is 7. The lowest BCUT2D eigenvalue weighted by atomic mass is 9.97. The minimum Gasteiger partial charge on any atom is -0.507 e. The summed E-state index contributed by atoms with van der Waals surface area (Å²) in [6, 6.07) is 14.6. The normalized spacial score (nSPS) is 10.1. The van der Waals surface area contributed by atoms with Gasteiger partial charge in [0, 0.05) is 36.3 Å². The minimum atomic E-state index is -1.39. The number of aromatic carboxylic acids is 1. The van der Waals surface area contributed by atoms with Crippen molar-refractivity contribution in [1.29, 1.82) is 10.7 Å². The molecule has 11 nitrogen and oxygen atoms in total. The van der Waals surface area contributed by atoms with Crippen LogP contribution in [0.1, 0.15) is 35.3 Å². The van der Waals surface area contributed by atoms with Crippen LogP contribution in [0.15, 0.2) is 54.6 Å². The van der Waals surface area contributed by atoms with Gasteiger partial charge in [0.1, 0.15) is 11.5 Å². The van der Waals surface area contributed by atoms with Crippen molar-refractivity contribution in [2.45, 2.75) is 13.8 Å². The maximum Gasteiger partial charge on any atom is 0.337 e.